The van der Waals surface area contributed by atoms with Gasteiger partial charge in [0.1, 0.15) is 0 Å². The summed E-state index contributed by atoms with van der Waals surface area (Å²) in [6.45, 7) is 11.2. The third kappa shape index (κ3) is 2.49. The van der Waals surface area contributed by atoms with Gasteiger partial charge in [0.05, 0.1) is 0 Å². The third-order valence-electron chi connectivity index (χ3n) is 3.40. The normalized spacial score (nSPS) is 14.4. The summed E-state index contributed by atoms with van der Waals surface area (Å²) in [7, 11) is 0. The monoisotopic (exact) mass is 238 g/mol. The van der Waals surface area contributed by atoms with E-state index in [1.165, 1.54) is 22.3 Å². The topological polar surface area (TPSA) is 0 Å². The van der Waals surface area contributed by atoms with E-state index in [1.807, 2.05) is 0 Å². The average Bonchev–Trinajstić information content (AvgIpc) is 2.49. The first kappa shape index (κ1) is 12.9. The lowest BCUT2D eigenvalue weighted by molar-refractivity contribution is 0.519. The van der Waals surface area contributed by atoms with Crippen LogP contribution in [-0.4, -0.2) is 0 Å². The van der Waals surface area contributed by atoms with Gasteiger partial charge in [-0.2, -0.15) is 0 Å². The molecule has 0 amide bonds. The van der Waals surface area contributed by atoms with E-state index in [4.69, 9.17) is 0 Å². The second-order valence-corrected chi connectivity index (χ2v) is 6.29. The van der Waals surface area contributed by atoms with E-state index in [0.717, 1.165) is 0 Å². The molecule has 94 valence electrons. The molecule has 0 nitrogen and oxygen atoms in total. The molecule has 0 atom stereocenters. The van der Waals surface area contributed by atoms with Gasteiger partial charge in [-0.3, -0.25) is 0 Å². The van der Waals surface area contributed by atoms with Crippen molar-refractivity contribution in [1.82, 2.24) is 0 Å². The van der Waals surface area contributed by atoms with Gasteiger partial charge in [-0.25, -0.2) is 0 Å². The van der Waals surface area contributed by atoms with Crippen LogP contribution in [0, 0.1) is 5.41 Å². The van der Waals surface area contributed by atoms with Crippen molar-refractivity contribution in [3.63, 3.8) is 0 Å². The summed E-state index contributed by atoms with van der Waals surface area (Å²) in [5, 5.41) is 0. The molecule has 1 aliphatic carbocycles. The summed E-state index contributed by atoms with van der Waals surface area (Å²) in [5.41, 5.74) is 8.89. The fourth-order valence-corrected chi connectivity index (χ4v) is 2.26. The zero-order chi connectivity index (χ0) is 13.3. The first-order valence-corrected chi connectivity index (χ1v) is 6.68. The van der Waals surface area contributed by atoms with Crippen molar-refractivity contribution in [3.05, 3.63) is 52.3 Å². The molecule has 0 aromatic heterocycles. The zero-order valence-electron chi connectivity index (χ0n) is 12.0. The van der Waals surface area contributed by atoms with Gasteiger partial charge >= 0.3 is 0 Å². The van der Waals surface area contributed by atoms with Gasteiger partial charge in [-0.05, 0) is 39.7 Å². The predicted octanol–water partition coefficient (Wildman–Crippen LogP) is 5.42. The fourth-order valence-electron chi connectivity index (χ4n) is 2.26. The number of allylic oxidation sites excluding steroid dienone is 2. The molecule has 0 fully saturated rings. The highest BCUT2D eigenvalue weighted by atomic mass is 14.2. The molecule has 0 saturated heterocycles. The number of fused-ring (bicyclic) bond motifs is 1. The van der Waals surface area contributed by atoms with Crippen LogP contribution in [0.15, 0.2) is 35.6 Å². The lowest BCUT2D eigenvalue weighted by Crippen LogP contribution is -2.06. The molecule has 0 aliphatic heterocycles. The summed E-state index contributed by atoms with van der Waals surface area (Å²) >= 11 is 0. The summed E-state index contributed by atoms with van der Waals surface area (Å²) in [6, 6.07) is 6.54. The molecule has 1 aromatic carbocycles. The maximum atomic E-state index is 3.45. The Morgan fingerprint density at radius 3 is 2.39 bits per heavy atom. The number of hydrogen-bond donors (Lipinski definition) is 0. The molecule has 0 radical (unpaired) electrons. The van der Waals surface area contributed by atoms with Gasteiger partial charge in [0.25, 0.3) is 0 Å². The Kier molecular flexibility index (Phi) is 3.32. The lowest BCUT2D eigenvalue weighted by atomic mass is 9.86. The minimum atomic E-state index is 0.146. The number of rotatable bonds is 1. The van der Waals surface area contributed by atoms with E-state index in [0.29, 0.717) is 5.92 Å². The van der Waals surface area contributed by atoms with Crippen molar-refractivity contribution in [3.8, 4) is 0 Å². The summed E-state index contributed by atoms with van der Waals surface area (Å²) in [5.74, 6) is 0.550. The lowest BCUT2D eigenvalue weighted by Gasteiger charge is -2.17. The van der Waals surface area contributed by atoms with Crippen LogP contribution in [0.2, 0.25) is 0 Å². The Bertz CT molecular complexity index is 542. The molecular formula is C18H22. The molecule has 1 aromatic rings. The smallest absolute Gasteiger partial charge is 0.000629 e. The predicted molar refractivity (Wildman–Crippen MR) is 80.5 cm³/mol. The van der Waals surface area contributed by atoms with Gasteiger partial charge in [0, 0.05) is 0 Å². The average molecular weight is 238 g/mol. The van der Waals surface area contributed by atoms with E-state index in [-0.39, 0.29) is 5.41 Å². The van der Waals surface area contributed by atoms with Crippen LogP contribution in [-0.2, 0) is 0 Å². The Morgan fingerprint density at radius 2 is 1.78 bits per heavy atom. The molecular weight excluding hydrogens is 216 g/mol. The first-order chi connectivity index (χ1) is 8.39. The van der Waals surface area contributed by atoms with Gasteiger partial charge < -0.3 is 0 Å². The highest BCUT2D eigenvalue weighted by molar-refractivity contribution is 5.72. The molecule has 2 rings (SSSR count). The van der Waals surface area contributed by atoms with Crippen LogP contribution in [0.25, 0.3) is 12.2 Å². The van der Waals surface area contributed by atoms with Crippen LogP contribution in [0.3, 0.4) is 0 Å². The molecule has 0 spiro atoms. The van der Waals surface area contributed by atoms with E-state index in [9.17, 15) is 0 Å². The van der Waals surface area contributed by atoms with Crippen LogP contribution in [0.4, 0.5) is 0 Å². The fraction of sp³-hybridized carbons (Fsp3) is 0.389. The molecule has 1 aliphatic rings. The molecule has 0 unspecified atom stereocenters. The van der Waals surface area contributed by atoms with Gasteiger partial charge in [-0.1, -0.05) is 65.0 Å². The van der Waals surface area contributed by atoms with Crippen LogP contribution in [0.5, 0.6) is 0 Å². The van der Waals surface area contributed by atoms with Crippen molar-refractivity contribution in [2.24, 2.45) is 5.41 Å². The third-order valence-corrected chi connectivity index (χ3v) is 3.40. The Hall–Kier alpha value is -1.52. The maximum Gasteiger partial charge on any atom is -0.000629 e. The van der Waals surface area contributed by atoms with Crippen molar-refractivity contribution in [2.75, 3.05) is 0 Å². The maximum absolute atomic E-state index is 3.45. The van der Waals surface area contributed by atoms with Gasteiger partial charge in [0.15, 0.2) is 0 Å². The zero-order valence-corrected chi connectivity index (χ0v) is 12.0. The van der Waals surface area contributed by atoms with E-state index in [1.54, 1.807) is 0 Å². The van der Waals surface area contributed by atoms with Crippen LogP contribution >= 0.6 is 0 Å². The minimum absolute atomic E-state index is 0.146. The van der Waals surface area contributed by atoms with Crippen molar-refractivity contribution in [1.29, 1.82) is 0 Å². The van der Waals surface area contributed by atoms with Crippen LogP contribution in [0.1, 0.15) is 57.2 Å². The molecule has 0 heterocycles. The Balaban J connectivity index is 2.56. The first-order valence-electron chi connectivity index (χ1n) is 6.68. The highest BCUT2D eigenvalue weighted by Crippen LogP contribution is 2.31. The molecule has 18 heavy (non-hydrogen) atoms. The standard InChI is InChI=1S/C18H22/c1-13(2)16-8-6-7-14-9-10-15(18(3,4)5)11-12-17(14)16/h6-9,11-13H,1-5H3. The molecule has 0 saturated carbocycles. The van der Waals surface area contributed by atoms with Crippen LogP contribution < -0.4 is 0 Å². The second-order valence-electron chi connectivity index (χ2n) is 6.29. The van der Waals surface area contributed by atoms with Gasteiger partial charge in [-0.15, -0.1) is 5.73 Å². The van der Waals surface area contributed by atoms with Crippen molar-refractivity contribution < 1.29 is 0 Å². The van der Waals surface area contributed by atoms with E-state index < -0.39 is 0 Å². The SMILES string of the molecule is CC(C)c1cccc2c1C=CC(C(C)(C)C)=C=C2. The summed E-state index contributed by atoms with van der Waals surface area (Å²) < 4.78 is 0. The van der Waals surface area contributed by atoms with E-state index >= 15 is 0 Å². The minimum Gasteiger partial charge on any atom is -0.116 e. The van der Waals surface area contributed by atoms with Gasteiger partial charge in [0.2, 0.25) is 0 Å². The Morgan fingerprint density at radius 1 is 1.06 bits per heavy atom. The summed E-state index contributed by atoms with van der Waals surface area (Å²) in [4.78, 5) is 0. The Labute approximate surface area is 111 Å². The molecule has 0 bridgehead atoms. The van der Waals surface area contributed by atoms with E-state index in [2.05, 4.69) is 76.8 Å². The van der Waals surface area contributed by atoms with Crippen molar-refractivity contribution >= 4 is 12.2 Å². The largest absolute Gasteiger partial charge is 0.116 e. The molecule has 0 heteroatoms. The quantitative estimate of drug-likeness (QED) is 0.573. The molecule has 0 N–H and O–H groups in total. The summed E-state index contributed by atoms with van der Waals surface area (Å²) in [6.07, 6.45) is 6.60. The second kappa shape index (κ2) is 4.63. The number of hydrogen-bond acceptors (Lipinski definition) is 0. The number of benzene rings is 1. The van der Waals surface area contributed by atoms with Crippen molar-refractivity contribution in [2.45, 2.75) is 40.5 Å². The highest BCUT2D eigenvalue weighted by Gasteiger charge is 2.16.